The number of carbonyl (C=O) groups is 1. The second kappa shape index (κ2) is 11.2. The molecule has 1 aromatic heterocycles. The minimum Gasteiger partial charge on any atom is -0.493 e. The van der Waals surface area contributed by atoms with E-state index in [2.05, 4.69) is 10.0 Å². The highest BCUT2D eigenvalue weighted by Crippen LogP contribution is 2.25. The standard InChI is InChI=1S/C23H24N2O6S/c1-29-21-6-2-3-7-22(21)31-16-14-24-23(26)13-10-18-8-11-20(12-9-18)32(27,28)25-17-19-5-4-15-30-19/h2-13,15,25H,14,16-17H2,1H3,(H,24,26)/b13-10+. The molecule has 0 aliphatic rings. The van der Waals surface area contributed by atoms with Gasteiger partial charge in [0, 0.05) is 6.08 Å². The van der Waals surface area contributed by atoms with Gasteiger partial charge in [-0.1, -0.05) is 24.3 Å². The third-order valence-electron chi connectivity index (χ3n) is 4.36. The Morgan fingerprint density at radius 2 is 1.78 bits per heavy atom. The summed E-state index contributed by atoms with van der Waals surface area (Å²) in [6.07, 6.45) is 4.46. The van der Waals surface area contributed by atoms with Crippen molar-refractivity contribution in [3.63, 3.8) is 0 Å². The lowest BCUT2D eigenvalue weighted by molar-refractivity contribution is -0.116. The molecule has 0 saturated carbocycles. The van der Waals surface area contributed by atoms with Crippen LogP contribution < -0.4 is 19.5 Å². The molecule has 0 atom stereocenters. The van der Waals surface area contributed by atoms with Crippen molar-refractivity contribution in [3.8, 4) is 11.5 Å². The summed E-state index contributed by atoms with van der Waals surface area (Å²) in [4.78, 5) is 12.1. The highest BCUT2D eigenvalue weighted by Gasteiger charge is 2.14. The Balaban J connectivity index is 1.45. The van der Waals surface area contributed by atoms with Gasteiger partial charge in [0.1, 0.15) is 12.4 Å². The lowest BCUT2D eigenvalue weighted by atomic mass is 10.2. The van der Waals surface area contributed by atoms with E-state index in [0.29, 0.717) is 29.4 Å². The summed E-state index contributed by atoms with van der Waals surface area (Å²) in [5.74, 6) is 1.46. The molecule has 9 heteroatoms. The number of carbonyl (C=O) groups excluding carboxylic acids is 1. The van der Waals surface area contributed by atoms with Crippen molar-refractivity contribution in [3.05, 3.63) is 84.3 Å². The first kappa shape index (κ1) is 23.1. The fraction of sp³-hybridized carbons (Fsp3) is 0.174. The van der Waals surface area contributed by atoms with Gasteiger partial charge < -0.3 is 19.2 Å². The summed E-state index contributed by atoms with van der Waals surface area (Å²) in [6.45, 7) is 0.676. The molecular formula is C23H24N2O6S. The first-order chi connectivity index (χ1) is 15.5. The molecule has 0 radical (unpaired) electrons. The Kier molecular flexibility index (Phi) is 8.07. The third-order valence-corrected chi connectivity index (χ3v) is 5.78. The summed E-state index contributed by atoms with van der Waals surface area (Å²) >= 11 is 0. The maximum Gasteiger partial charge on any atom is 0.244 e. The number of hydrogen-bond donors (Lipinski definition) is 2. The van der Waals surface area contributed by atoms with Crippen molar-refractivity contribution in [2.24, 2.45) is 0 Å². The van der Waals surface area contributed by atoms with E-state index in [-0.39, 0.29) is 24.0 Å². The van der Waals surface area contributed by atoms with Gasteiger partial charge >= 0.3 is 0 Å². The van der Waals surface area contributed by atoms with Crippen LogP contribution in [-0.2, 0) is 21.4 Å². The van der Waals surface area contributed by atoms with Crippen LogP contribution in [0.2, 0.25) is 0 Å². The van der Waals surface area contributed by atoms with Gasteiger partial charge in [-0.15, -0.1) is 0 Å². The monoisotopic (exact) mass is 456 g/mol. The molecule has 0 fully saturated rings. The van der Waals surface area contributed by atoms with Crippen LogP contribution >= 0.6 is 0 Å². The van der Waals surface area contributed by atoms with Crippen LogP contribution in [0.3, 0.4) is 0 Å². The highest BCUT2D eigenvalue weighted by atomic mass is 32.2. The highest BCUT2D eigenvalue weighted by molar-refractivity contribution is 7.89. The molecule has 0 spiro atoms. The van der Waals surface area contributed by atoms with Crippen LogP contribution in [0.15, 0.2) is 82.3 Å². The number of nitrogens with one attached hydrogen (secondary N) is 2. The summed E-state index contributed by atoms with van der Waals surface area (Å²) in [6, 6.07) is 16.8. The first-order valence-electron chi connectivity index (χ1n) is 9.82. The van der Waals surface area contributed by atoms with Crippen molar-refractivity contribution in [1.29, 1.82) is 0 Å². The van der Waals surface area contributed by atoms with Crippen LogP contribution in [0, 0.1) is 0 Å². The van der Waals surface area contributed by atoms with Crippen molar-refractivity contribution in [2.75, 3.05) is 20.3 Å². The van der Waals surface area contributed by atoms with Gasteiger partial charge in [-0.3, -0.25) is 4.79 Å². The van der Waals surface area contributed by atoms with Crippen LogP contribution in [0.1, 0.15) is 11.3 Å². The Bertz CT molecular complexity index is 1140. The minimum absolute atomic E-state index is 0.0674. The van der Waals surface area contributed by atoms with Crippen LogP contribution in [0.25, 0.3) is 6.08 Å². The Morgan fingerprint density at radius 1 is 1.03 bits per heavy atom. The number of para-hydroxylation sites is 2. The van der Waals surface area contributed by atoms with E-state index in [1.54, 1.807) is 49.6 Å². The number of amides is 1. The average Bonchev–Trinajstić information content (AvgIpc) is 3.34. The molecule has 1 amide bonds. The lowest BCUT2D eigenvalue weighted by Gasteiger charge is -2.10. The Morgan fingerprint density at radius 3 is 2.47 bits per heavy atom. The topological polar surface area (TPSA) is 107 Å². The fourth-order valence-electron chi connectivity index (χ4n) is 2.72. The number of sulfonamides is 1. The van der Waals surface area contributed by atoms with Gasteiger partial charge in [-0.25, -0.2) is 13.1 Å². The predicted molar refractivity (Wildman–Crippen MR) is 120 cm³/mol. The first-order valence-corrected chi connectivity index (χ1v) is 11.3. The second-order valence-corrected chi connectivity index (χ2v) is 8.36. The van der Waals surface area contributed by atoms with Crippen molar-refractivity contribution in [1.82, 2.24) is 10.0 Å². The van der Waals surface area contributed by atoms with E-state index in [1.807, 2.05) is 12.1 Å². The van der Waals surface area contributed by atoms with Crippen molar-refractivity contribution in [2.45, 2.75) is 11.4 Å². The smallest absolute Gasteiger partial charge is 0.244 e. The van der Waals surface area contributed by atoms with E-state index in [4.69, 9.17) is 13.9 Å². The summed E-state index contributed by atoms with van der Waals surface area (Å²) < 4.78 is 43.1. The zero-order chi connectivity index (χ0) is 22.8. The van der Waals surface area contributed by atoms with Gasteiger partial charge in [0.05, 0.1) is 31.4 Å². The molecule has 168 valence electrons. The molecule has 3 rings (SSSR count). The number of rotatable bonds is 11. The van der Waals surface area contributed by atoms with E-state index in [9.17, 15) is 13.2 Å². The SMILES string of the molecule is COc1ccccc1OCCNC(=O)/C=C/c1ccc(S(=O)(=O)NCc2ccco2)cc1. The Labute approximate surface area is 186 Å². The molecule has 0 saturated heterocycles. The minimum atomic E-state index is -3.66. The molecule has 0 aliphatic heterocycles. The van der Waals surface area contributed by atoms with Gasteiger partial charge in [0.15, 0.2) is 11.5 Å². The molecule has 2 aromatic carbocycles. The molecule has 8 nitrogen and oxygen atoms in total. The van der Waals surface area contributed by atoms with E-state index in [0.717, 1.165) is 0 Å². The maximum absolute atomic E-state index is 12.3. The molecule has 32 heavy (non-hydrogen) atoms. The van der Waals surface area contributed by atoms with Crippen LogP contribution in [0.5, 0.6) is 11.5 Å². The van der Waals surface area contributed by atoms with Gasteiger partial charge in [-0.2, -0.15) is 0 Å². The molecule has 0 unspecified atom stereocenters. The average molecular weight is 457 g/mol. The normalized spacial score (nSPS) is 11.4. The van der Waals surface area contributed by atoms with E-state index < -0.39 is 10.0 Å². The van der Waals surface area contributed by atoms with Crippen LogP contribution in [-0.4, -0.2) is 34.6 Å². The number of methoxy groups -OCH3 is 1. The molecular weight excluding hydrogens is 432 g/mol. The zero-order valence-corrected chi connectivity index (χ0v) is 18.3. The zero-order valence-electron chi connectivity index (χ0n) is 17.5. The van der Waals surface area contributed by atoms with Gasteiger partial charge in [0.2, 0.25) is 15.9 Å². The van der Waals surface area contributed by atoms with Crippen molar-refractivity contribution < 1.29 is 27.1 Å². The van der Waals surface area contributed by atoms with E-state index in [1.165, 1.54) is 24.5 Å². The van der Waals surface area contributed by atoms with Crippen LogP contribution in [0.4, 0.5) is 0 Å². The second-order valence-electron chi connectivity index (χ2n) is 6.60. The van der Waals surface area contributed by atoms with Crippen molar-refractivity contribution >= 4 is 22.0 Å². The lowest BCUT2D eigenvalue weighted by Crippen LogP contribution is -2.26. The molecule has 0 bridgehead atoms. The molecule has 2 N–H and O–H groups in total. The summed E-state index contributed by atoms with van der Waals surface area (Å²) in [5, 5.41) is 2.72. The summed E-state index contributed by atoms with van der Waals surface area (Å²) in [7, 11) is -2.10. The van der Waals surface area contributed by atoms with Gasteiger partial charge in [-0.05, 0) is 48.0 Å². The molecule has 3 aromatic rings. The predicted octanol–water partition coefficient (Wildman–Crippen LogP) is 2.98. The molecule has 0 aliphatic carbocycles. The molecule has 1 heterocycles. The summed E-state index contributed by atoms with van der Waals surface area (Å²) in [5.41, 5.74) is 0.690. The van der Waals surface area contributed by atoms with Gasteiger partial charge in [0.25, 0.3) is 0 Å². The Hall–Kier alpha value is -3.56. The number of ether oxygens (including phenoxy) is 2. The third kappa shape index (κ3) is 6.73. The van der Waals surface area contributed by atoms with E-state index >= 15 is 0 Å². The number of benzene rings is 2. The quantitative estimate of drug-likeness (QED) is 0.339. The number of furan rings is 1. The maximum atomic E-state index is 12.3. The largest absolute Gasteiger partial charge is 0.493 e. The number of hydrogen-bond acceptors (Lipinski definition) is 6. The fourth-order valence-corrected chi connectivity index (χ4v) is 3.72.